The lowest BCUT2D eigenvalue weighted by Gasteiger charge is -2.18. The minimum Gasteiger partial charge on any atom is -0.496 e. The number of hydrogen-bond donors (Lipinski definition) is 2. The number of aliphatic hydroxyl groups is 1. The first kappa shape index (κ1) is 19.5. The van der Waals surface area contributed by atoms with Gasteiger partial charge in [0.25, 0.3) is 5.91 Å². The number of ether oxygens (including phenoxy) is 2. The van der Waals surface area contributed by atoms with Crippen molar-refractivity contribution in [2.45, 2.75) is 19.4 Å². The first-order chi connectivity index (χ1) is 12.6. The van der Waals surface area contributed by atoms with E-state index in [4.69, 9.17) is 9.47 Å². The minimum absolute atomic E-state index is 0.236. The Kier molecular flexibility index (Phi) is 7.17. The molecule has 0 aliphatic carbocycles. The monoisotopic (exact) mass is 357 g/mol. The van der Waals surface area contributed by atoms with E-state index < -0.39 is 24.5 Å². The molecule has 0 aliphatic rings. The molecule has 138 valence electrons. The molecular formula is C20H23NO5. The second kappa shape index (κ2) is 9.58. The van der Waals surface area contributed by atoms with Crippen LogP contribution in [0.15, 0.2) is 48.5 Å². The second-order valence-electron chi connectivity index (χ2n) is 5.62. The van der Waals surface area contributed by atoms with Crippen LogP contribution in [-0.4, -0.2) is 43.3 Å². The molecule has 26 heavy (non-hydrogen) atoms. The summed E-state index contributed by atoms with van der Waals surface area (Å²) in [5.41, 5.74) is 1.77. The van der Waals surface area contributed by atoms with Gasteiger partial charge >= 0.3 is 5.97 Å². The maximum Gasteiger partial charge on any atom is 0.331 e. The fourth-order valence-electron chi connectivity index (χ4n) is 2.51. The molecule has 0 heterocycles. The number of carbonyl (C=O) groups is 2. The maximum atomic E-state index is 12.8. The van der Waals surface area contributed by atoms with E-state index in [1.807, 2.05) is 37.3 Å². The summed E-state index contributed by atoms with van der Waals surface area (Å²) in [6.45, 7) is 1.56. The van der Waals surface area contributed by atoms with Gasteiger partial charge in [0, 0.05) is 5.56 Å². The number of amides is 1. The van der Waals surface area contributed by atoms with Gasteiger partial charge in [-0.1, -0.05) is 43.3 Å². The molecule has 0 saturated heterocycles. The molecule has 2 aromatic rings. The Morgan fingerprint density at radius 1 is 1.12 bits per heavy atom. The predicted octanol–water partition coefficient (Wildman–Crippen LogP) is 2.41. The number of aliphatic hydroxyl groups excluding tert-OH is 1. The van der Waals surface area contributed by atoms with E-state index in [1.54, 1.807) is 18.2 Å². The Balaban J connectivity index is 2.33. The van der Waals surface area contributed by atoms with E-state index in [-0.39, 0.29) is 6.61 Å². The molecule has 0 spiro atoms. The number of esters is 1. The van der Waals surface area contributed by atoms with Crippen LogP contribution in [0.3, 0.4) is 0 Å². The summed E-state index contributed by atoms with van der Waals surface area (Å²) in [7, 11) is 1.53. The molecule has 0 fully saturated rings. The number of nitrogens with one attached hydrogen (secondary N) is 1. The van der Waals surface area contributed by atoms with Gasteiger partial charge in [0.15, 0.2) is 6.04 Å². The van der Waals surface area contributed by atoms with Gasteiger partial charge in [0.2, 0.25) is 0 Å². The summed E-state index contributed by atoms with van der Waals surface area (Å²) < 4.78 is 10.4. The van der Waals surface area contributed by atoms with E-state index in [2.05, 4.69) is 5.32 Å². The Morgan fingerprint density at radius 3 is 2.46 bits per heavy atom. The Morgan fingerprint density at radius 2 is 1.85 bits per heavy atom. The van der Waals surface area contributed by atoms with Crippen LogP contribution in [0.5, 0.6) is 5.75 Å². The van der Waals surface area contributed by atoms with Gasteiger partial charge < -0.3 is 19.9 Å². The van der Waals surface area contributed by atoms with Crippen LogP contribution in [0.2, 0.25) is 0 Å². The lowest BCUT2D eigenvalue weighted by Crippen LogP contribution is -2.44. The molecule has 0 radical (unpaired) electrons. The Labute approximate surface area is 152 Å². The topological polar surface area (TPSA) is 84.9 Å². The lowest BCUT2D eigenvalue weighted by atomic mass is 9.97. The van der Waals surface area contributed by atoms with Gasteiger partial charge in [-0.3, -0.25) is 4.79 Å². The van der Waals surface area contributed by atoms with E-state index in [9.17, 15) is 14.7 Å². The first-order valence-corrected chi connectivity index (χ1v) is 8.43. The molecule has 2 rings (SSSR count). The molecule has 1 amide bonds. The molecule has 2 N–H and O–H groups in total. The molecule has 0 aliphatic heterocycles. The minimum atomic E-state index is -1.12. The summed E-state index contributed by atoms with van der Waals surface area (Å²) in [4.78, 5) is 24.7. The zero-order valence-electron chi connectivity index (χ0n) is 14.9. The molecule has 0 bridgehead atoms. The van der Waals surface area contributed by atoms with Crippen LogP contribution in [-0.2, 0) is 9.53 Å². The number of carbonyl (C=O) groups excluding carboxylic acids is 2. The van der Waals surface area contributed by atoms with Crippen molar-refractivity contribution < 1.29 is 24.2 Å². The Hall–Kier alpha value is -2.86. The van der Waals surface area contributed by atoms with Crippen LogP contribution >= 0.6 is 0 Å². The quantitative estimate of drug-likeness (QED) is 0.709. The summed E-state index contributed by atoms with van der Waals surface area (Å²) in [6, 6.07) is 13.3. The van der Waals surface area contributed by atoms with Gasteiger partial charge in [-0.2, -0.15) is 0 Å². The van der Waals surface area contributed by atoms with Crippen LogP contribution in [0.4, 0.5) is 0 Å². The summed E-state index contributed by atoms with van der Waals surface area (Å²) in [5.74, 6) is -0.611. The summed E-state index contributed by atoms with van der Waals surface area (Å²) in [5, 5.41) is 12.0. The Bertz CT molecular complexity index is 745. The molecule has 2 aromatic carbocycles. The van der Waals surface area contributed by atoms with Gasteiger partial charge in [0.1, 0.15) is 5.75 Å². The first-order valence-electron chi connectivity index (χ1n) is 8.43. The normalized spacial score (nSPS) is 11.5. The second-order valence-corrected chi connectivity index (χ2v) is 5.62. The van der Waals surface area contributed by atoms with Gasteiger partial charge in [-0.05, 0) is 24.1 Å². The SMILES string of the molecule is CCCOC(=O)[C@H](CO)NC(=O)c1cccc(OC)c1-c1ccccc1. The van der Waals surface area contributed by atoms with Crippen LogP contribution in [0.1, 0.15) is 23.7 Å². The number of methoxy groups -OCH3 is 1. The van der Waals surface area contributed by atoms with Crippen LogP contribution < -0.4 is 10.1 Å². The standard InChI is InChI=1S/C20H23NO5/c1-3-12-26-20(24)16(13-22)21-19(23)15-10-7-11-17(25-2)18(15)14-8-5-4-6-9-14/h4-11,16,22H,3,12-13H2,1-2H3,(H,21,23)/t16-/m0/s1. The third kappa shape index (κ3) is 4.61. The van der Waals surface area contributed by atoms with E-state index in [0.29, 0.717) is 23.3 Å². The highest BCUT2D eigenvalue weighted by Crippen LogP contribution is 2.33. The van der Waals surface area contributed by atoms with Crippen LogP contribution in [0, 0.1) is 0 Å². The number of rotatable bonds is 8. The van der Waals surface area contributed by atoms with Crippen molar-refractivity contribution in [1.82, 2.24) is 5.32 Å². The third-order valence-corrected chi connectivity index (χ3v) is 3.77. The van der Waals surface area contributed by atoms with Crippen molar-refractivity contribution in [3.63, 3.8) is 0 Å². The number of benzene rings is 2. The van der Waals surface area contributed by atoms with Crippen molar-refractivity contribution in [2.24, 2.45) is 0 Å². The van der Waals surface area contributed by atoms with Gasteiger partial charge in [-0.15, -0.1) is 0 Å². The smallest absolute Gasteiger partial charge is 0.331 e. The van der Waals surface area contributed by atoms with E-state index in [1.165, 1.54) is 7.11 Å². The summed E-state index contributed by atoms with van der Waals surface area (Å²) >= 11 is 0. The van der Waals surface area contributed by atoms with Crippen molar-refractivity contribution >= 4 is 11.9 Å². The van der Waals surface area contributed by atoms with Crippen molar-refractivity contribution in [3.8, 4) is 16.9 Å². The molecular weight excluding hydrogens is 334 g/mol. The van der Waals surface area contributed by atoms with Crippen molar-refractivity contribution in [2.75, 3.05) is 20.3 Å². The highest BCUT2D eigenvalue weighted by Gasteiger charge is 2.24. The highest BCUT2D eigenvalue weighted by atomic mass is 16.5. The fourth-order valence-corrected chi connectivity index (χ4v) is 2.51. The maximum absolute atomic E-state index is 12.8. The molecule has 0 saturated carbocycles. The average Bonchev–Trinajstić information content (AvgIpc) is 2.69. The van der Waals surface area contributed by atoms with Crippen molar-refractivity contribution in [1.29, 1.82) is 0 Å². The van der Waals surface area contributed by atoms with Crippen LogP contribution in [0.25, 0.3) is 11.1 Å². The zero-order valence-corrected chi connectivity index (χ0v) is 14.9. The largest absolute Gasteiger partial charge is 0.496 e. The zero-order chi connectivity index (χ0) is 18.9. The highest BCUT2D eigenvalue weighted by molar-refractivity contribution is 6.03. The van der Waals surface area contributed by atoms with Crippen molar-refractivity contribution in [3.05, 3.63) is 54.1 Å². The predicted molar refractivity (Wildman–Crippen MR) is 98.0 cm³/mol. The molecule has 6 nitrogen and oxygen atoms in total. The molecule has 0 aromatic heterocycles. The average molecular weight is 357 g/mol. The third-order valence-electron chi connectivity index (χ3n) is 3.77. The fraction of sp³-hybridized carbons (Fsp3) is 0.300. The van der Waals surface area contributed by atoms with E-state index in [0.717, 1.165) is 5.56 Å². The van der Waals surface area contributed by atoms with Gasteiger partial charge in [-0.25, -0.2) is 4.79 Å². The lowest BCUT2D eigenvalue weighted by molar-refractivity contribution is -0.146. The van der Waals surface area contributed by atoms with E-state index >= 15 is 0 Å². The molecule has 1 atom stereocenters. The van der Waals surface area contributed by atoms with Gasteiger partial charge in [0.05, 0.1) is 25.9 Å². The molecule has 0 unspecified atom stereocenters. The summed E-state index contributed by atoms with van der Waals surface area (Å²) in [6.07, 6.45) is 0.659. The number of hydrogen-bond acceptors (Lipinski definition) is 5. The molecule has 6 heteroatoms.